The highest BCUT2D eigenvalue weighted by Crippen LogP contribution is 2.32. The Morgan fingerprint density at radius 3 is 2.72 bits per heavy atom. The number of hydrogen-bond acceptors (Lipinski definition) is 6. The Kier molecular flexibility index (Phi) is 6.60. The number of hydrogen-bond donors (Lipinski definition) is 0. The van der Waals surface area contributed by atoms with E-state index >= 15 is 0 Å². The SMILES string of the molecule is CC#C[C@@H](CC(=O)OC)c1ccc(OC[C@H]2COc3ccc(C#N)cc3O2)cc1. The van der Waals surface area contributed by atoms with Crippen molar-refractivity contribution in [2.75, 3.05) is 20.3 Å². The summed E-state index contributed by atoms with van der Waals surface area (Å²) >= 11 is 0. The van der Waals surface area contributed by atoms with E-state index in [4.69, 9.17) is 24.2 Å². The molecule has 6 nitrogen and oxygen atoms in total. The molecular weight excluding hydrogens is 370 g/mol. The van der Waals surface area contributed by atoms with Gasteiger partial charge in [0.15, 0.2) is 17.6 Å². The smallest absolute Gasteiger partial charge is 0.307 e. The van der Waals surface area contributed by atoms with Gasteiger partial charge in [0.1, 0.15) is 19.0 Å². The Labute approximate surface area is 170 Å². The predicted octanol–water partition coefficient (Wildman–Crippen LogP) is 3.45. The molecule has 0 aromatic heterocycles. The average Bonchev–Trinajstić information content (AvgIpc) is 2.77. The third kappa shape index (κ3) is 5.21. The third-order valence-corrected chi connectivity index (χ3v) is 4.43. The van der Waals surface area contributed by atoms with E-state index in [1.165, 1.54) is 7.11 Å². The van der Waals surface area contributed by atoms with Gasteiger partial charge in [0.2, 0.25) is 0 Å². The molecule has 6 heteroatoms. The van der Waals surface area contributed by atoms with E-state index in [0.29, 0.717) is 36.0 Å². The quantitative estimate of drug-likeness (QED) is 0.554. The summed E-state index contributed by atoms with van der Waals surface area (Å²) in [7, 11) is 1.37. The molecule has 148 valence electrons. The highest BCUT2D eigenvalue weighted by molar-refractivity contribution is 5.71. The number of benzene rings is 2. The van der Waals surface area contributed by atoms with E-state index in [-0.39, 0.29) is 24.4 Å². The lowest BCUT2D eigenvalue weighted by Crippen LogP contribution is -2.34. The molecule has 0 N–H and O–H groups in total. The molecule has 3 rings (SSSR count). The van der Waals surface area contributed by atoms with Crippen LogP contribution in [0.4, 0.5) is 0 Å². The fraction of sp³-hybridized carbons (Fsp3) is 0.304. The largest absolute Gasteiger partial charge is 0.490 e. The van der Waals surface area contributed by atoms with Crippen LogP contribution in [-0.4, -0.2) is 32.4 Å². The van der Waals surface area contributed by atoms with Crippen molar-refractivity contribution in [2.45, 2.75) is 25.4 Å². The van der Waals surface area contributed by atoms with Crippen LogP contribution in [0, 0.1) is 23.2 Å². The van der Waals surface area contributed by atoms with Gasteiger partial charge in [-0.2, -0.15) is 5.26 Å². The molecule has 0 unspecified atom stereocenters. The fourth-order valence-electron chi connectivity index (χ4n) is 2.93. The van der Waals surface area contributed by atoms with Gasteiger partial charge in [0, 0.05) is 6.07 Å². The lowest BCUT2D eigenvalue weighted by atomic mass is 9.96. The first kappa shape index (κ1) is 20.1. The summed E-state index contributed by atoms with van der Waals surface area (Å²) in [5.74, 6) is 7.22. The van der Waals surface area contributed by atoms with E-state index in [2.05, 4.69) is 17.9 Å². The highest BCUT2D eigenvalue weighted by atomic mass is 16.6. The Bertz CT molecular complexity index is 965. The van der Waals surface area contributed by atoms with E-state index in [0.717, 1.165) is 5.56 Å². The second-order valence-corrected chi connectivity index (χ2v) is 6.43. The summed E-state index contributed by atoms with van der Waals surface area (Å²) in [5.41, 5.74) is 1.44. The number of esters is 1. The van der Waals surface area contributed by atoms with Crippen molar-refractivity contribution in [1.82, 2.24) is 0 Å². The number of ether oxygens (including phenoxy) is 4. The fourth-order valence-corrected chi connectivity index (χ4v) is 2.93. The zero-order valence-corrected chi connectivity index (χ0v) is 16.3. The topological polar surface area (TPSA) is 77.8 Å². The summed E-state index contributed by atoms with van der Waals surface area (Å²) in [5, 5.41) is 9.01. The predicted molar refractivity (Wildman–Crippen MR) is 106 cm³/mol. The standard InChI is InChI=1S/C23H21NO5/c1-3-4-18(12-23(25)26-2)17-6-8-19(9-7-17)27-14-20-15-28-21-10-5-16(13-24)11-22(21)29-20/h5-11,18,20H,12,14-15H2,1-2H3/t18-,20-/m0/s1. The van der Waals surface area contributed by atoms with Crippen LogP contribution >= 0.6 is 0 Å². The number of carbonyl (C=O) groups is 1. The molecule has 1 heterocycles. The van der Waals surface area contributed by atoms with Crippen molar-refractivity contribution in [3.05, 3.63) is 53.6 Å². The molecular formula is C23H21NO5. The van der Waals surface area contributed by atoms with Gasteiger partial charge in [-0.25, -0.2) is 0 Å². The molecule has 29 heavy (non-hydrogen) atoms. The molecule has 0 amide bonds. The maximum atomic E-state index is 11.6. The van der Waals surface area contributed by atoms with Gasteiger partial charge in [0.05, 0.1) is 31.1 Å². The average molecular weight is 391 g/mol. The zero-order chi connectivity index (χ0) is 20.6. The first-order chi connectivity index (χ1) is 14.1. The Morgan fingerprint density at radius 2 is 2.03 bits per heavy atom. The van der Waals surface area contributed by atoms with E-state index in [1.54, 1.807) is 25.1 Å². The molecule has 0 saturated heterocycles. The molecule has 0 bridgehead atoms. The molecule has 2 aromatic carbocycles. The van der Waals surface area contributed by atoms with Crippen molar-refractivity contribution in [2.24, 2.45) is 0 Å². The number of rotatable bonds is 6. The summed E-state index contributed by atoms with van der Waals surface area (Å²) in [6, 6.07) is 14.6. The van der Waals surface area contributed by atoms with Crippen molar-refractivity contribution in [3.8, 4) is 35.2 Å². The second kappa shape index (κ2) is 9.52. The molecule has 0 saturated carbocycles. The number of fused-ring (bicyclic) bond motifs is 1. The minimum atomic E-state index is -0.299. The van der Waals surface area contributed by atoms with E-state index in [1.807, 2.05) is 24.3 Å². The molecule has 1 aliphatic heterocycles. The molecule has 1 aliphatic rings. The minimum Gasteiger partial charge on any atom is -0.490 e. The van der Waals surface area contributed by atoms with Crippen molar-refractivity contribution in [1.29, 1.82) is 5.26 Å². The first-order valence-corrected chi connectivity index (χ1v) is 9.18. The number of nitriles is 1. The maximum Gasteiger partial charge on any atom is 0.307 e. The molecule has 0 radical (unpaired) electrons. The molecule has 2 aromatic rings. The van der Waals surface area contributed by atoms with Crippen LogP contribution < -0.4 is 14.2 Å². The van der Waals surface area contributed by atoms with Crippen LogP contribution in [0.3, 0.4) is 0 Å². The minimum absolute atomic E-state index is 0.203. The molecule has 0 aliphatic carbocycles. The van der Waals surface area contributed by atoms with Crippen LogP contribution in [0.15, 0.2) is 42.5 Å². The molecule has 2 atom stereocenters. The van der Waals surface area contributed by atoms with Gasteiger partial charge in [-0.15, -0.1) is 5.92 Å². The Balaban J connectivity index is 1.59. The Morgan fingerprint density at radius 1 is 1.24 bits per heavy atom. The first-order valence-electron chi connectivity index (χ1n) is 9.18. The van der Waals surface area contributed by atoms with Crippen molar-refractivity contribution in [3.63, 3.8) is 0 Å². The number of carbonyl (C=O) groups excluding carboxylic acids is 1. The monoisotopic (exact) mass is 391 g/mol. The summed E-state index contributed by atoms with van der Waals surface area (Å²) < 4.78 is 22.1. The van der Waals surface area contributed by atoms with Crippen LogP contribution in [0.25, 0.3) is 0 Å². The number of nitrogens with zero attached hydrogens (tertiary/aromatic N) is 1. The van der Waals surface area contributed by atoms with Gasteiger partial charge in [-0.3, -0.25) is 4.79 Å². The van der Waals surface area contributed by atoms with Crippen LogP contribution in [-0.2, 0) is 9.53 Å². The van der Waals surface area contributed by atoms with Gasteiger partial charge < -0.3 is 18.9 Å². The molecule has 0 fully saturated rings. The third-order valence-electron chi connectivity index (χ3n) is 4.43. The molecule has 0 spiro atoms. The highest BCUT2D eigenvalue weighted by Gasteiger charge is 2.22. The van der Waals surface area contributed by atoms with Crippen LogP contribution in [0.2, 0.25) is 0 Å². The van der Waals surface area contributed by atoms with E-state index < -0.39 is 0 Å². The normalized spacial score (nSPS) is 15.3. The van der Waals surface area contributed by atoms with Crippen molar-refractivity contribution < 1.29 is 23.7 Å². The second-order valence-electron chi connectivity index (χ2n) is 6.43. The number of methoxy groups -OCH3 is 1. The van der Waals surface area contributed by atoms with Gasteiger partial charge in [-0.1, -0.05) is 18.1 Å². The van der Waals surface area contributed by atoms with E-state index in [9.17, 15) is 4.79 Å². The summed E-state index contributed by atoms with van der Waals surface area (Å²) in [6.07, 6.45) is -0.0799. The van der Waals surface area contributed by atoms with Crippen LogP contribution in [0.1, 0.15) is 30.4 Å². The Hall–Kier alpha value is -3.64. The lowest BCUT2D eigenvalue weighted by Gasteiger charge is -2.26. The maximum absolute atomic E-state index is 11.6. The summed E-state index contributed by atoms with van der Waals surface area (Å²) in [6.45, 7) is 2.41. The van der Waals surface area contributed by atoms with Crippen molar-refractivity contribution >= 4 is 5.97 Å². The van der Waals surface area contributed by atoms with Gasteiger partial charge >= 0.3 is 5.97 Å². The lowest BCUT2D eigenvalue weighted by molar-refractivity contribution is -0.140. The van der Waals surface area contributed by atoms with Crippen LogP contribution in [0.5, 0.6) is 17.2 Å². The zero-order valence-electron chi connectivity index (χ0n) is 16.3. The summed E-state index contributed by atoms with van der Waals surface area (Å²) in [4.78, 5) is 11.6. The van der Waals surface area contributed by atoms with Gasteiger partial charge in [0.25, 0.3) is 0 Å². The van der Waals surface area contributed by atoms with Gasteiger partial charge in [-0.05, 0) is 36.8 Å².